The molecule has 1 unspecified atom stereocenters. The van der Waals surface area contributed by atoms with Crippen LogP contribution in [0.25, 0.3) is 0 Å². The molecule has 1 aliphatic heterocycles. The lowest BCUT2D eigenvalue weighted by molar-refractivity contribution is -0.125. The first-order valence-electron chi connectivity index (χ1n) is 6.38. The van der Waals surface area contributed by atoms with E-state index in [2.05, 4.69) is 22.1 Å². The summed E-state index contributed by atoms with van der Waals surface area (Å²) in [5.74, 6) is 5.73. The Morgan fingerprint density at radius 1 is 1.68 bits per heavy atom. The van der Waals surface area contributed by atoms with Gasteiger partial charge in [-0.2, -0.15) is 0 Å². The van der Waals surface area contributed by atoms with E-state index in [1.54, 1.807) is 18.4 Å². The van der Waals surface area contributed by atoms with E-state index in [4.69, 9.17) is 5.11 Å². The Bertz CT molecular complexity index is 501. The Kier molecular flexibility index (Phi) is 4.97. The molecule has 1 saturated heterocycles. The van der Waals surface area contributed by atoms with E-state index < -0.39 is 0 Å². The molecule has 1 aliphatic rings. The largest absolute Gasteiger partial charge is 0.384 e. The zero-order valence-corrected chi connectivity index (χ0v) is 11.8. The van der Waals surface area contributed by atoms with Gasteiger partial charge in [0.05, 0.1) is 6.04 Å². The van der Waals surface area contributed by atoms with Gasteiger partial charge >= 0.3 is 0 Å². The summed E-state index contributed by atoms with van der Waals surface area (Å²) in [6.45, 7) is 1.58. The van der Waals surface area contributed by atoms with Crippen LogP contribution in [0.15, 0.2) is 11.4 Å². The van der Waals surface area contributed by atoms with E-state index in [0.29, 0.717) is 0 Å². The molecule has 1 amide bonds. The fourth-order valence-corrected chi connectivity index (χ4v) is 3.23. The molecule has 1 aromatic rings. The average molecular weight is 278 g/mol. The van der Waals surface area contributed by atoms with Crippen LogP contribution in [0.2, 0.25) is 0 Å². The molecule has 0 aliphatic carbocycles. The number of nitrogens with zero attached hydrogens (tertiary/aromatic N) is 1. The van der Waals surface area contributed by atoms with Gasteiger partial charge in [0.1, 0.15) is 6.61 Å². The summed E-state index contributed by atoms with van der Waals surface area (Å²) < 4.78 is 0. The van der Waals surface area contributed by atoms with Crippen LogP contribution in [0.5, 0.6) is 0 Å². The van der Waals surface area contributed by atoms with Crippen molar-refractivity contribution in [2.75, 3.05) is 20.2 Å². The van der Waals surface area contributed by atoms with Crippen molar-refractivity contribution in [1.29, 1.82) is 0 Å². The highest BCUT2D eigenvalue weighted by Gasteiger charge is 2.30. The molecule has 4 nitrogen and oxygen atoms in total. The predicted molar refractivity (Wildman–Crippen MR) is 75.8 cm³/mol. The van der Waals surface area contributed by atoms with E-state index in [9.17, 15) is 4.79 Å². The van der Waals surface area contributed by atoms with Crippen LogP contribution in [-0.4, -0.2) is 42.2 Å². The first-order valence-corrected chi connectivity index (χ1v) is 7.26. The zero-order valence-electron chi connectivity index (χ0n) is 11.0. The molecule has 0 spiro atoms. The van der Waals surface area contributed by atoms with E-state index in [1.165, 1.54) is 0 Å². The van der Waals surface area contributed by atoms with Gasteiger partial charge in [-0.1, -0.05) is 11.8 Å². The molecule has 1 aromatic heterocycles. The monoisotopic (exact) mass is 278 g/mol. The molecule has 5 heteroatoms. The molecule has 1 atom stereocenters. The quantitative estimate of drug-likeness (QED) is 0.804. The van der Waals surface area contributed by atoms with Crippen molar-refractivity contribution in [3.8, 4) is 11.8 Å². The lowest BCUT2D eigenvalue weighted by atomic mass is 10.2. The summed E-state index contributed by atoms with van der Waals surface area (Å²) in [5.41, 5.74) is 0.960. The number of amides is 1. The van der Waals surface area contributed by atoms with Crippen LogP contribution in [0.3, 0.4) is 0 Å². The molecule has 0 aromatic carbocycles. The summed E-state index contributed by atoms with van der Waals surface area (Å²) >= 11 is 1.65. The smallest absolute Gasteiger partial charge is 0.237 e. The van der Waals surface area contributed by atoms with Crippen molar-refractivity contribution in [1.82, 2.24) is 10.2 Å². The summed E-state index contributed by atoms with van der Waals surface area (Å²) in [6, 6.07) is 1.94. The maximum atomic E-state index is 11.8. The van der Waals surface area contributed by atoms with E-state index in [0.717, 1.165) is 36.4 Å². The highest BCUT2D eigenvalue weighted by molar-refractivity contribution is 7.10. The molecule has 0 radical (unpaired) electrons. The molecular weight excluding hydrogens is 260 g/mol. The number of carbonyl (C=O) groups is 1. The molecular formula is C14H18N2O2S. The van der Waals surface area contributed by atoms with Gasteiger partial charge in [-0.25, -0.2) is 0 Å². The number of aliphatic hydroxyl groups excluding tert-OH is 1. The van der Waals surface area contributed by atoms with Gasteiger partial charge in [0.25, 0.3) is 0 Å². The fourth-order valence-electron chi connectivity index (χ4n) is 2.37. The number of hydrogen-bond donors (Lipinski definition) is 2. The molecule has 0 saturated carbocycles. The van der Waals surface area contributed by atoms with Crippen LogP contribution in [-0.2, 0) is 11.3 Å². The highest BCUT2D eigenvalue weighted by atomic mass is 32.1. The number of likely N-dealkylation sites (N-methyl/N-ethyl adjacent to an activating group) is 1. The second-order valence-corrected chi connectivity index (χ2v) is 5.46. The van der Waals surface area contributed by atoms with Gasteiger partial charge in [0.2, 0.25) is 5.91 Å². The lowest BCUT2D eigenvalue weighted by Gasteiger charge is -2.22. The Morgan fingerprint density at radius 2 is 2.53 bits per heavy atom. The van der Waals surface area contributed by atoms with Gasteiger partial charge in [0.15, 0.2) is 0 Å². The van der Waals surface area contributed by atoms with Gasteiger partial charge < -0.3 is 10.4 Å². The Morgan fingerprint density at radius 3 is 3.26 bits per heavy atom. The maximum Gasteiger partial charge on any atom is 0.237 e. The first kappa shape index (κ1) is 14.1. The Hall–Kier alpha value is -1.35. The minimum absolute atomic E-state index is 0.0225. The van der Waals surface area contributed by atoms with Crippen LogP contribution >= 0.6 is 11.3 Å². The van der Waals surface area contributed by atoms with Crippen molar-refractivity contribution in [3.05, 3.63) is 21.9 Å². The summed E-state index contributed by atoms with van der Waals surface area (Å²) in [6.07, 6.45) is 1.98. The van der Waals surface area contributed by atoms with Gasteiger partial charge in [-0.05, 0) is 30.8 Å². The maximum absolute atomic E-state index is 11.8. The lowest BCUT2D eigenvalue weighted by Crippen LogP contribution is -2.41. The Labute approximate surface area is 117 Å². The third-order valence-electron chi connectivity index (χ3n) is 3.31. The van der Waals surface area contributed by atoms with E-state index in [1.807, 2.05) is 11.4 Å². The number of rotatable bonds is 3. The fraction of sp³-hybridized carbons (Fsp3) is 0.500. The standard InChI is InChI=1S/C14H18N2O2S/c1-15-14(18)12-5-2-7-16(12)10-13-11(4-3-8-17)6-9-19-13/h6,9,12,17H,2,5,7-8,10H2,1H3,(H,15,18). The van der Waals surface area contributed by atoms with Gasteiger partial charge in [-0.3, -0.25) is 9.69 Å². The summed E-state index contributed by atoms with van der Waals surface area (Å²) in [4.78, 5) is 15.2. The topological polar surface area (TPSA) is 52.6 Å². The van der Waals surface area contributed by atoms with Crippen molar-refractivity contribution in [2.45, 2.75) is 25.4 Å². The van der Waals surface area contributed by atoms with Crippen molar-refractivity contribution in [2.24, 2.45) is 0 Å². The number of aliphatic hydroxyl groups is 1. The van der Waals surface area contributed by atoms with Crippen LogP contribution in [0.1, 0.15) is 23.3 Å². The number of nitrogens with one attached hydrogen (secondary N) is 1. The predicted octanol–water partition coefficient (Wildman–Crippen LogP) is 0.802. The second kappa shape index (κ2) is 6.71. The second-order valence-electron chi connectivity index (χ2n) is 4.46. The molecule has 0 bridgehead atoms. The summed E-state index contributed by atoms with van der Waals surface area (Å²) in [7, 11) is 1.68. The molecule has 2 N–H and O–H groups in total. The molecule has 19 heavy (non-hydrogen) atoms. The van der Waals surface area contributed by atoms with Crippen LogP contribution in [0.4, 0.5) is 0 Å². The number of thiophene rings is 1. The molecule has 1 fully saturated rings. The minimum Gasteiger partial charge on any atom is -0.384 e. The third kappa shape index (κ3) is 3.35. The van der Waals surface area contributed by atoms with Crippen molar-refractivity contribution < 1.29 is 9.90 Å². The molecule has 2 rings (SSSR count). The minimum atomic E-state index is -0.125. The summed E-state index contributed by atoms with van der Waals surface area (Å²) in [5, 5.41) is 13.5. The molecule has 2 heterocycles. The Balaban J connectivity index is 2.08. The van der Waals surface area contributed by atoms with Crippen molar-refractivity contribution >= 4 is 17.2 Å². The third-order valence-corrected chi connectivity index (χ3v) is 4.21. The highest BCUT2D eigenvalue weighted by Crippen LogP contribution is 2.24. The normalized spacial score (nSPS) is 18.9. The van der Waals surface area contributed by atoms with Crippen molar-refractivity contribution in [3.63, 3.8) is 0 Å². The van der Waals surface area contributed by atoms with E-state index in [-0.39, 0.29) is 18.6 Å². The van der Waals surface area contributed by atoms with Gasteiger partial charge in [-0.15, -0.1) is 11.3 Å². The van der Waals surface area contributed by atoms with Crippen LogP contribution in [0, 0.1) is 11.8 Å². The number of likely N-dealkylation sites (tertiary alicyclic amines) is 1. The SMILES string of the molecule is CNC(=O)C1CCCN1Cc1sccc1C#CCO. The number of hydrogen-bond acceptors (Lipinski definition) is 4. The van der Waals surface area contributed by atoms with Crippen LogP contribution < -0.4 is 5.32 Å². The first-order chi connectivity index (χ1) is 9.26. The van der Waals surface area contributed by atoms with E-state index >= 15 is 0 Å². The van der Waals surface area contributed by atoms with Gasteiger partial charge in [0, 0.05) is 24.0 Å². The number of carbonyl (C=O) groups excluding carboxylic acids is 1. The average Bonchev–Trinajstić information content (AvgIpc) is 3.05. The molecule has 102 valence electrons. The zero-order chi connectivity index (χ0) is 13.7.